The number of aryl methyl sites for hydroxylation is 1. The smallest absolute Gasteiger partial charge is 0.189 e. The Kier molecular flexibility index (Phi) is 3.96. The Morgan fingerprint density at radius 1 is 1.08 bits per heavy atom. The predicted molar refractivity (Wildman–Crippen MR) is 97.9 cm³/mol. The van der Waals surface area contributed by atoms with Gasteiger partial charge in [0.1, 0.15) is 0 Å². The Balaban J connectivity index is 1.62. The third kappa shape index (κ3) is 2.42. The van der Waals surface area contributed by atoms with Crippen molar-refractivity contribution in [2.24, 2.45) is 28.6 Å². The second kappa shape index (κ2) is 5.67. The van der Waals surface area contributed by atoms with Crippen molar-refractivity contribution < 1.29 is 8.39 Å². The van der Waals surface area contributed by atoms with Crippen LogP contribution in [0.3, 0.4) is 0 Å². The van der Waals surface area contributed by atoms with Gasteiger partial charge in [-0.3, -0.25) is 4.18 Å². The van der Waals surface area contributed by atoms with E-state index >= 15 is 0 Å². The quantitative estimate of drug-likeness (QED) is 0.745. The highest BCUT2D eigenvalue weighted by molar-refractivity contribution is 7.80. The van der Waals surface area contributed by atoms with E-state index in [0.717, 1.165) is 16.7 Å². The van der Waals surface area contributed by atoms with Crippen LogP contribution in [0.15, 0.2) is 29.2 Å². The Hall–Kier alpha value is -0.670. The van der Waals surface area contributed by atoms with Crippen molar-refractivity contribution in [2.45, 2.75) is 70.8 Å². The van der Waals surface area contributed by atoms with Crippen molar-refractivity contribution in [2.75, 3.05) is 0 Å². The SMILES string of the molecule is Cc1ccc(S(=O)OC2C3CCC4C3C(C)(C)CCCC42C)cc1. The molecule has 132 valence electrons. The molecule has 3 saturated carbocycles. The molecule has 4 rings (SSSR count). The molecule has 6 unspecified atom stereocenters. The summed E-state index contributed by atoms with van der Waals surface area (Å²) in [6, 6.07) is 7.93. The molecule has 0 aliphatic heterocycles. The first-order valence-electron chi connectivity index (χ1n) is 9.48. The largest absolute Gasteiger partial charge is 0.282 e. The van der Waals surface area contributed by atoms with E-state index in [0.29, 0.717) is 11.3 Å². The molecule has 3 aliphatic carbocycles. The summed E-state index contributed by atoms with van der Waals surface area (Å²) in [7, 11) is 0. The van der Waals surface area contributed by atoms with Gasteiger partial charge in [0, 0.05) is 0 Å². The lowest BCUT2D eigenvalue weighted by molar-refractivity contribution is 0.00977. The number of hydrogen-bond acceptors (Lipinski definition) is 2. The summed E-state index contributed by atoms with van der Waals surface area (Å²) >= 11 is -1.35. The average Bonchev–Trinajstić information content (AvgIpc) is 3.02. The molecule has 3 fully saturated rings. The maximum Gasteiger partial charge on any atom is 0.189 e. The molecule has 0 amide bonds. The minimum atomic E-state index is -1.35. The number of benzene rings is 1. The Bertz CT molecular complexity index is 650. The maximum absolute atomic E-state index is 12.9. The zero-order chi connectivity index (χ0) is 17.1. The molecule has 0 aromatic heterocycles. The van der Waals surface area contributed by atoms with E-state index < -0.39 is 11.1 Å². The van der Waals surface area contributed by atoms with Crippen LogP contribution in [0.2, 0.25) is 0 Å². The van der Waals surface area contributed by atoms with Crippen molar-refractivity contribution in [1.29, 1.82) is 0 Å². The van der Waals surface area contributed by atoms with Gasteiger partial charge in [-0.25, -0.2) is 4.21 Å². The van der Waals surface area contributed by atoms with Crippen LogP contribution in [0, 0.1) is 35.5 Å². The first kappa shape index (κ1) is 16.8. The molecule has 3 heteroatoms. The summed E-state index contributed by atoms with van der Waals surface area (Å²) in [5.74, 6) is 2.08. The fraction of sp³-hybridized carbons (Fsp3) is 0.714. The van der Waals surface area contributed by atoms with Gasteiger partial charge in [0.2, 0.25) is 0 Å². The van der Waals surface area contributed by atoms with E-state index in [2.05, 4.69) is 27.7 Å². The molecule has 2 nitrogen and oxygen atoms in total. The standard InChI is InChI=1S/C21H30O2S/c1-14-6-8-15(9-7-14)24(22)23-19-16-10-11-17-18(16)20(2,3)12-5-13-21(17,19)4/h6-9,16-19H,5,10-13H2,1-4H3. The number of hydrogen-bond donors (Lipinski definition) is 0. The minimum absolute atomic E-state index is 0.156. The second-order valence-electron chi connectivity index (χ2n) is 9.29. The van der Waals surface area contributed by atoms with Gasteiger partial charge in [0.25, 0.3) is 0 Å². The van der Waals surface area contributed by atoms with Crippen LogP contribution in [-0.2, 0) is 15.3 Å². The van der Waals surface area contributed by atoms with Gasteiger partial charge in [-0.15, -0.1) is 0 Å². The predicted octanol–water partition coefficient (Wildman–Crippen LogP) is 5.28. The Labute approximate surface area is 149 Å². The lowest BCUT2D eigenvalue weighted by Gasteiger charge is -2.40. The second-order valence-corrected chi connectivity index (χ2v) is 10.4. The molecule has 1 aromatic rings. The van der Waals surface area contributed by atoms with Crippen LogP contribution in [0.4, 0.5) is 0 Å². The van der Waals surface area contributed by atoms with Gasteiger partial charge in [0.05, 0.1) is 11.0 Å². The van der Waals surface area contributed by atoms with E-state index in [1.807, 2.05) is 24.3 Å². The number of rotatable bonds is 3. The Morgan fingerprint density at radius 2 is 1.79 bits per heavy atom. The monoisotopic (exact) mass is 346 g/mol. The van der Waals surface area contributed by atoms with Crippen LogP contribution < -0.4 is 0 Å². The van der Waals surface area contributed by atoms with Crippen LogP contribution in [0.1, 0.15) is 58.4 Å². The zero-order valence-corrected chi connectivity index (χ0v) is 16.2. The van der Waals surface area contributed by atoms with E-state index in [-0.39, 0.29) is 11.5 Å². The van der Waals surface area contributed by atoms with E-state index in [9.17, 15) is 4.21 Å². The summed E-state index contributed by atoms with van der Waals surface area (Å²) < 4.78 is 19.2. The van der Waals surface area contributed by atoms with Crippen molar-refractivity contribution in [3.05, 3.63) is 29.8 Å². The fourth-order valence-corrected chi connectivity index (χ4v) is 7.35. The highest BCUT2D eigenvalue weighted by atomic mass is 32.2. The van der Waals surface area contributed by atoms with E-state index in [1.165, 1.54) is 37.7 Å². The van der Waals surface area contributed by atoms with E-state index in [4.69, 9.17) is 4.18 Å². The minimum Gasteiger partial charge on any atom is -0.282 e. The van der Waals surface area contributed by atoms with Gasteiger partial charge in [-0.2, -0.15) is 0 Å². The molecular weight excluding hydrogens is 316 g/mol. The molecule has 0 radical (unpaired) electrons. The Morgan fingerprint density at radius 3 is 2.50 bits per heavy atom. The van der Waals surface area contributed by atoms with Gasteiger partial charge in [0.15, 0.2) is 11.1 Å². The highest BCUT2D eigenvalue weighted by Gasteiger charge is 2.66. The summed E-state index contributed by atoms with van der Waals surface area (Å²) in [4.78, 5) is 0.804. The molecule has 24 heavy (non-hydrogen) atoms. The molecule has 3 aliphatic rings. The molecule has 6 atom stereocenters. The van der Waals surface area contributed by atoms with E-state index in [1.54, 1.807) is 0 Å². The average molecular weight is 347 g/mol. The third-order valence-electron chi connectivity index (χ3n) is 7.44. The van der Waals surface area contributed by atoms with Crippen molar-refractivity contribution >= 4 is 11.1 Å². The molecule has 0 heterocycles. The molecule has 4 bridgehead atoms. The van der Waals surface area contributed by atoms with Crippen molar-refractivity contribution in [3.63, 3.8) is 0 Å². The normalized spacial score (nSPS) is 41.2. The van der Waals surface area contributed by atoms with Crippen molar-refractivity contribution in [3.8, 4) is 0 Å². The summed E-state index contributed by atoms with van der Waals surface area (Å²) in [6.45, 7) is 9.38. The lowest BCUT2D eigenvalue weighted by Crippen LogP contribution is -2.40. The molecular formula is C21H30O2S. The van der Waals surface area contributed by atoms with Crippen LogP contribution in [-0.4, -0.2) is 10.3 Å². The van der Waals surface area contributed by atoms with Gasteiger partial charge in [-0.1, -0.05) is 44.9 Å². The highest BCUT2D eigenvalue weighted by Crippen LogP contribution is 2.69. The first-order valence-corrected chi connectivity index (χ1v) is 10.6. The van der Waals surface area contributed by atoms with Gasteiger partial charge >= 0.3 is 0 Å². The van der Waals surface area contributed by atoms with Gasteiger partial charge in [-0.05, 0) is 73.3 Å². The zero-order valence-electron chi connectivity index (χ0n) is 15.4. The lowest BCUT2D eigenvalue weighted by atomic mass is 9.70. The first-order chi connectivity index (χ1) is 11.3. The molecule has 0 saturated heterocycles. The summed E-state index contributed by atoms with van der Waals surface area (Å²) in [5, 5.41) is 0. The molecule has 0 N–H and O–H groups in total. The van der Waals surface area contributed by atoms with Gasteiger partial charge < -0.3 is 0 Å². The third-order valence-corrected chi connectivity index (χ3v) is 8.47. The summed E-state index contributed by atoms with van der Waals surface area (Å²) in [5.41, 5.74) is 1.80. The topological polar surface area (TPSA) is 26.3 Å². The van der Waals surface area contributed by atoms with Crippen LogP contribution >= 0.6 is 0 Å². The van der Waals surface area contributed by atoms with Crippen LogP contribution in [0.25, 0.3) is 0 Å². The van der Waals surface area contributed by atoms with Crippen molar-refractivity contribution in [1.82, 2.24) is 0 Å². The maximum atomic E-state index is 12.9. The molecule has 0 spiro atoms. The molecule has 1 aromatic carbocycles. The van der Waals surface area contributed by atoms with Crippen LogP contribution in [0.5, 0.6) is 0 Å². The summed E-state index contributed by atoms with van der Waals surface area (Å²) in [6.07, 6.45) is 6.58. The fourth-order valence-electron chi connectivity index (χ4n) is 6.33.